The van der Waals surface area contributed by atoms with Crippen LogP contribution >= 0.6 is 0 Å². The van der Waals surface area contributed by atoms with E-state index in [0.717, 1.165) is 31.6 Å². The van der Waals surface area contributed by atoms with Crippen LogP contribution in [0.5, 0.6) is 0 Å². The lowest BCUT2D eigenvalue weighted by Gasteiger charge is -2.31. The number of aryl methyl sites for hydroxylation is 1. The third-order valence-corrected chi connectivity index (χ3v) is 5.18. The van der Waals surface area contributed by atoms with Crippen molar-refractivity contribution >= 4 is 17.6 Å². The maximum Gasteiger partial charge on any atom is 0.234 e. The van der Waals surface area contributed by atoms with Gasteiger partial charge in [-0.05, 0) is 70.7 Å². The van der Waals surface area contributed by atoms with Crippen molar-refractivity contribution in [2.24, 2.45) is 11.8 Å². The van der Waals surface area contributed by atoms with E-state index in [-0.39, 0.29) is 23.8 Å². The Kier molecular flexibility index (Phi) is 5.68. The van der Waals surface area contributed by atoms with Gasteiger partial charge in [-0.25, -0.2) is 4.98 Å². The number of hydrogen-bond donors (Lipinski definition) is 2. The second-order valence-corrected chi connectivity index (χ2v) is 7.40. The van der Waals surface area contributed by atoms with Gasteiger partial charge >= 0.3 is 0 Å². The molecule has 0 bridgehead atoms. The molecule has 2 aliphatic rings. The molecule has 0 radical (unpaired) electrons. The fourth-order valence-corrected chi connectivity index (χ4v) is 3.41. The molecule has 25 heavy (non-hydrogen) atoms. The highest BCUT2D eigenvalue weighted by Crippen LogP contribution is 2.32. The van der Waals surface area contributed by atoms with Gasteiger partial charge in [-0.3, -0.25) is 14.5 Å². The number of hydrogen-bond acceptors (Lipinski definition) is 4. The number of likely N-dealkylation sites (tertiary alicyclic amines) is 1. The Morgan fingerprint density at radius 2 is 1.96 bits per heavy atom. The SMILES string of the molecule is Cc1cccc(NC(=O)C2CCN(CC(=O)N[C@H](C)C3CC3)CC2)n1. The molecule has 6 nitrogen and oxygen atoms in total. The second-order valence-electron chi connectivity index (χ2n) is 7.40. The molecular weight excluding hydrogens is 316 g/mol. The normalized spacial score (nSPS) is 20.1. The minimum Gasteiger partial charge on any atom is -0.352 e. The molecule has 2 amide bonds. The molecule has 2 N–H and O–H groups in total. The lowest BCUT2D eigenvalue weighted by Crippen LogP contribution is -2.45. The topological polar surface area (TPSA) is 74.3 Å². The predicted molar refractivity (Wildman–Crippen MR) is 97.1 cm³/mol. The van der Waals surface area contributed by atoms with Crippen molar-refractivity contribution in [3.8, 4) is 0 Å². The largest absolute Gasteiger partial charge is 0.352 e. The first kappa shape index (κ1) is 17.9. The van der Waals surface area contributed by atoms with Gasteiger partial charge in [0.05, 0.1) is 6.54 Å². The average molecular weight is 344 g/mol. The highest BCUT2D eigenvalue weighted by Gasteiger charge is 2.30. The van der Waals surface area contributed by atoms with Gasteiger partial charge < -0.3 is 10.6 Å². The van der Waals surface area contributed by atoms with Crippen molar-refractivity contribution in [3.05, 3.63) is 23.9 Å². The molecule has 1 saturated heterocycles. The number of rotatable bonds is 6. The molecule has 1 saturated carbocycles. The maximum absolute atomic E-state index is 12.4. The van der Waals surface area contributed by atoms with E-state index in [4.69, 9.17) is 0 Å². The molecular formula is C19H28N4O2. The lowest BCUT2D eigenvalue weighted by molar-refractivity contribution is -0.124. The van der Waals surface area contributed by atoms with Crippen molar-refractivity contribution in [3.63, 3.8) is 0 Å². The molecule has 1 aromatic rings. The summed E-state index contributed by atoms with van der Waals surface area (Å²) >= 11 is 0. The van der Waals surface area contributed by atoms with Crippen molar-refractivity contribution in [1.29, 1.82) is 0 Å². The molecule has 3 rings (SSSR count). The van der Waals surface area contributed by atoms with E-state index in [1.807, 2.05) is 25.1 Å². The summed E-state index contributed by atoms with van der Waals surface area (Å²) < 4.78 is 0. The number of aromatic nitrogens is 1. The number of anilines is 1. The van der Waals surface area contributed by atoms with Crippen LogP contribution in [0.15, 0.2) is 18.2 Å². The Bertz CT molecular complexity index is 622. The van der Waals surface area contributed by atoms with E-state index in [9.17, 15) is 9.59 Å². The molecule has 6 heteroatoms. The van der Waals surface area contributed by atoms with E-state index in [0.29, 0.717) is 18.3 Å². The minimum atomic E-state index is -0.00740. The average Bonchev–Trinajstić information content (AvgIpc) is 3.40. The first-order chi connectivity index (χ1) is 12.0. The van der Waals surface area contributed by atoms with E-state index >= 15 is 0 Å². The Morgan fingerprint density at radius 3 is 2.60 bits per heavy atom. The second kappa shape index (κ2) is 7.95. The molecule has 2 heterocycles. The molecule has 1 aromatic heterocycles. The van der Waals surface area contributed by atoms with Crippen molar-refractivity contribution in [1.82, 2.24) is 15.2 Å². The maximum atomic E-state index is 12.4. The van der Waals surface area contributed by atoms with Crippen LogP contribution in [0, 0.1) is 18.8 Å². The van der Waals surface area contributed by atoms with Gasteiger partial charge in [0.15, 0.2) is 0 Å². The van der Waals surface area contributed by atoms with Crippen LogP contribution in [0.1, 0.15) is 38.3 Å². The van der Waals surface area contributed by atoms with Gasteiger partial charge in [-0.1, -0.05) is 6.07 Å². The van der Waals surface area contributed by atoms with Crippen LogP contribution in [-0.2, 0) is 9.59 Å². The number of pyridine rings is 1. The van der Waals surface area contributed by atoms with Crippen LogP contribution in [0.3, 0.4) is 0 Å². The smallest absolute Gasteiger partial charge is 0.234 e. The Labute approximate surface area is 149 Å². The predicted octanol–water partition coefficient (Wildman–Crippen LogP) is 1.96. The van der Waals surface area contributed by atoms with Crippen LogP contribution < -0.4 is 10.6 Å². The molecule has 1 atom stereocenters. The molecule has 136 valence electrons. The molecule has 0 spiro atoms. The first-order valence-corrected chi connectivity index (χ1v) is 9.27. The van der Waals surface area contributed by atoms with Crippen molar-refractivity contribution < 1.29 is 9.59 Å². The van der Waals surface area contributed by atoms with Gasteiger partial charge in [-0.15, -0.1) is 0 Å². The van der Waals surface area contributed by atoms with Gasteiger partial charge in [0.1, 0.15) is 5.82 Å². The molecule has 1 aliphatic heterocycles. The minimum absolute atomic E-state index is 0.00740. The summed E-state index contributed by atoms with van der Waals surface area (Å²) in [5.74, 6) is 1.41. The number of nitrogens with zero attached hydrogens (tertiary/aromatic N) is 2. The summed E-state index contributed by atoms with van der Waals surface area (Å²) in [6.45, 7) is 5.99. The van der Waals surface area contributed by atoms with E-state index in [1.165, 1.54) is 12.8 Å². The van der Waals surface area contributed by atoms with Crippen molar-refractivity contribution in [2.75, 3.05) is 25.0 Å². The van der Waals surface area contributed by atoms with E-state index < -0.39 is 0 Å². The van der Waals surface area contributed by atoms with E-state index in [2.05, 4.69) is 27.4 Å². The standard InChI is InChI=1S/C19H28N4O2/c1-13-4-3-5-17(20-13)22-19(25)16-8-10-23(11-9-16)12-18(24)21-14(2)15-6-7-15/h3-5,14-16H,6-12H2,1-2H3,(H,21,24)(H,20,22,25)/t14-/m1/s1. The molecule has 1 aliphatic carbocycles. The summed E-state index contributed by atoms with van der Waals surface area (Å²) in [4.78, 5) is 30.9. The summed E-state index contributed by atoms with van der Waals surface area (Å²) in [6, 6.07) is 5.90. The number of nitrogens with one attached hydrogen (secondary N) is 2. The highest BCUT2D eigenvalue weighted by atomic mass is 16.2. The Hall–Kier alpha value is -1.95. The van der Waals surface area contributed by atoms with Gasteiger partial charge in [0, 0.05) is 17.7 Å². The highest BCUT2D eigenvalue weighted by molar-refractivity contribution is 5.91. The first-order valence-electron chi connectivity index (χ1n) is 9.27. The van der Waals surface area contributed by atoms with Crippen LogP contribution in [0.4, 0.5) is 5.82 Å². The number of amides is 2. The fraction of sp³-hybridized carbons (Fsp3) is 0.632. The molecule has 0 aromatic carbocycles. The third-order valence-electron chi connectivity index (χ3n) is 5.18. The number of piperidine rings is 1. The summed E-state index contributed by atoms with van der Waals surface area (Å²) in [5, 5.41) is 6.00. The zero-order valence-corrected chi connectivity index (χ0v) is 15.1. The van der Waals surface area contributed by atoms with E-state index in [1.54, 1.807) is 0 Å². The van der Waals surface area contributed by atoms with Crippen LogP contribution in [0.25, 0.3) is 0 Å². The zero-order chi connectivity index (χ0) is 17.8. The van der Waals surface area contributed by atoms with Crippen LogP contribution in [-0.4, -0.2) is 47.4 Å². The summed E-state index contributed by atoms with van der Waals surface area (Å²) in [6.07, 6.45) is 4.03. The monoisotopic (exact) mass is 344 g/mol. The third kappa shape index (κ3) is 5.26. The fourth-order valence-electron chi connectivity index (χ4n) is 3.41. The molecule has 2 fully saturated rings. The Balaban J connectivity index is 1.40. The Morgan fingerprint density at radius 1 is 1.24 bits per heavy atom. The van der Waals surface area contributed by atoms with Crippen molar-refractivity contribution in [2.45, 2.75) is 45.6 Å². The lowest BCUT2D eigenvalue weighted by atomic mass is 9.96. The molecule has 0 unspecified atom stereocenters. The van der Waals surface area contributed by atoms with Gasteiger partial charge in [0.25, 0.3) is 0 Å². The quantitative estimate of drug-likeness (QED) is 0.827. The summed E-state index contributed by atoms with van der Waals surface area (Å²) in [7, 11) is 0. The van der Waals surface area contributed by atoms with Gasteiger partial charge in [0.2, 0.25) is 11.8 Å². The van der Waals surface area contributed by atoms with Crippen LogP contribution in [0.2, 0.25) is 0 Å². The van der Waals surface area contributed by atoms with Gasteiger partial charge in [-0.2, -0.15) is 0 Å². The zero-order valence-electron chi connectivity index (χ0n) is 15.1. The summed E-state index contributed by atoms with van der Waals surface area (Å²) in [5.41, 5.74) is 0.888. The number of carbonyl (C=O) groups is 2. The number of carbonyl (C=O) groups excluding carboxylic acids is 2.